The lowest BCUT2D eigenvalue weighted by Crippen LogP contribution is -2.62. The van der Waals surface area contributed by atoms with Crippen molar-refractivity contribution in [2.45, 2.75) is 243 Å². The summed E-state index contributed by atoms with van der Waals surface area (Å²) in [4.78, 5) is 269. The number of aromatic hydroxyl groups is 1. The van der Waals surface area contributed by atoms with Crippen molar-refractivity contribution >= 4 is 140 Å². The van der Waals surface area contributed by atoms with Crippen LogP contribution in [0.3, 0.4) is 0 Å². The summed E-state index contributed by atoms with van der Waals surface area (Å²) in [6.45, 7) is 10.5. The predicted molar refractivity (Wildman–Crippen MR) is 492 cm³/mol. The van der Waals surface area contributed by atoms with Gasteiger partial charge in [0.1, 0.15) is 96.9 Å². The minimum Gasteiger partial charge on any atom is -0.508 e. The number of carboxylic acids is 1. The fraction of sp³-hybridized carbons (Fsp3) is 0.556. The van der Waals surface area contributed by atoms with E-state index in [1.165, 1.54) is 70.0 Å². The number of nitrogens with zero attached hydrogens (tertiary/aromatic N) is 6. The summed E-state index contributed by atoms with van der Waals surface area (Å²) >= 11 is 0.779. The van der Waals surface area contributed by atoms with Crippen molar-refractivity contribution in [3.05, 3.63) is 102 Å². The summed E-state index contributed by atoms with van der Waals surface area (Å²) in [5.41, 5.74) is 25.8. The molecule has 22 N–H and O–H groups in total. The molecule has 15 atom stereocenters. The number of nitrogens with one attached hydrogen (secondary N) is 11. The number of amides is 17. The summed E-state index contributed by atoms with van der Waals surface area (Å²) in [5, 5.41) is 59.1. The number of hydrogen-bond donors (Lipinski definition) is 18. The van der Waals surface area contributed by atoms with Crippen LogP contribution in [0.5, 0.6) is 5.75 Å². The highest BCUT2D eigenvalue weighted by molar-refractivity contribution is 8.00. The van der Waals surface area contributed by atoms with Crippen LogP contribution in [0, 0.1) is 11.8 Å². The van der Waals surface area contributed by atoms with Gasteiger partial charge in [-0.15, -0.1) is 11.8 Å². The average Bonchev–Trinajstić information content (AvgIpc) is 1.66. The van der Waals surface area contributed by atoms with Crippen LogP contribution in [0.1, 0.15) is 143 Å². The molecule has 2 aliphatic rings. The van der Waals surface area contributed by atoms with Gasteiger partial charge in [0, 0.05) is 107 Å². The number of carbonyl (C=O) groups excluding carboxylic acids is 17. The van der Waals surface area contributed by atoms with Gasteiger partial charge in [0.2, 0.25) is 100 Å². The van der Waals surface area contributed by atoms with Gasteiger partial charge in [0.15, 0.2) is 0 Å². The molecular weight excluding hydrogens is 1740 g/mol. The van der Waals surface area contributed by atoms with Crippen molar-refractivity contribution < 1.29 is 102 Å². The first-order valence-electron chi connectivity index (χ1n) is 44.6. The number of rotatable bonds is 26. The molecule has 0 bridgehead atoms. The number of phenolic OH excluding ortho intramolecular Hbond substituents is 1. The van der Waals surface area contributed by atoms with Crippen molar-refractivity contribution in [1.82, 2.24) is 87.2 Å². The van der Waals surface area contributed by atoms with E-state index in [0.29, 0.717) is 64.2 Å². The summed E-state index contributed by atoms with van der Waals surface area (Å²) in [7, 11) is 5.03. The number of benzene rings is 3. The Morgan fingerprint density at radius 1 is 0.526 bits per heavy atom. The van der Waals surface area contributed by atoms with Crippen LogP contribution in [0.15, 0.2) is 85.2 Å². The first-order valence-corrected chi connectivity index (χ1v) is 45.8. The van der Waals surface area contributed by atoms with E-state index in [2.05, 4.69) is 58.2 Å². The van der Waals surface area contributed by atoms with Crippen molar-refractivity contribution in [3.8, 4) is 5.75 Å². The van der Waals surface area contributed by atoms with Gasteiger partial charge in [0.05, 0.1) is 24.8 Å². The first-order chi connectivity index (χ1) is 62.9. The normalized spacial score (nSPS) is 24.6. The lowest BCUT2D eigenvalue weighted by atomic mass is 9.99. The molecule has 42 nitrogen and oxygen atoms in total. The highest BCUT2D eigenvalue weighted by atomic mass is 32.2. The third-order valence-corrected chi connectivity index (χ3v) is 24.6. The number of thioether (sulfide) groups is 1. The molecule has 2 aliphatic heterocycles. The Morgan fingerprint density at radius 3 is 1.64 bits per heavy atom. The number of phenols is 1. The second-order valence-corrected chi connectivity index (χ2v) is 35.8. The SMILES string of the molecule is CCCC[C@H]1C(=O)N(C)[C@@H](CCCC)C(=O)N[C@@H](CC(C)C)C(=O)N[C@H](C(=O)NCC(N)=O)CSCC(=O)N[C@@H](Cc2ccc(O)cc2)C(=O)N(C)[C@@H](C)C(=O)N[C@@H](CC(N)=O)C(=O)N(C)[C@@H](C)C(=O)N[C@@H](CN)C(=O)N[C@@H](CC(C)C)C(=O)N2C[C@H](O)C[C@H]2C(=O)N[C@@H](Cc2c[nH]c3ccccc23)C(=O)N[C@@H](CCN)C(=O)N[C@@H](Cc2cn(CC(=O)O)c3ccccc23)C(=O)N1C. The molecule has 133 heavy (non-hydrogen) atoms. The third-order valence-electron chi connectivity index (χ3n) is 23.5. The zero-order valence-electron chi connectivity index (χ0n) is 77.3. The Balaban J connectivity index is 1.33. The number of unbranched alkanes of at least 4 members (excludes halogenated alkanes) is 2. The van der Waals surface area contributed by atoms with Crippen LogP contribution in [-0.4, -0.2) is 312 Å². The van der Waals surface area contributed by atoms with Gasteiger partial charge in [-0.3, -0.25) is 86.3 Å². The minimum absolute atomic E-state index is 0.000684. The largest absolute Gasteiger partial charge is 0.508 e. The zero-order chi connectivity index (χ0) is 98.5. The second-order valence-electron chi connectivity index (χ2n) is 34.7. The Kier molecular flexibility index (Phi) is 40.9. The molecule has 5 aromatic rings. The molecule has 0 saturated carbocycles. The number of aromatic nitrogens is 2. The number of aliphatic hydroxyl groups excluding tert-OH is 1. The van der Waals surface area contributed by atoms with Gasteiger partial charge in [-0.05, 0) is 105 Å². The van der Waals surface area contributed by atoms with E-state index in [9.17, 15) is 68.1 Å². The maximum absolute atomic E-state index is 15.9. The molecule has 4 heterocycles. The average molecular weight is 1880 g/mol. The highest BCUT2D eigenvalue weighted by Gasteiger charge is 2.46. The summed E-state index contributed by atoms with van der Waals surface area (Å²) in [6, 6.07) is -2.49. The van der Waals surface area contributed by atoms with Gasteiger partial charge in [-0.2, -0.15) is 0 Å². The summed E-state index contributed by atoms with van der Waals surface area (Å²) in [6.07, 6.45) is 0.697. The van der Waals surface area contributed by atoms with E-state index in [1.54, 1.807) is 82.4 Å². The molecule has 728 valence electrons. The molecule has 7 rings (SSSR count). The number of primary amides is 2. The number of hydrogen-bond acceptors (Lipinski definition) is 23. The minimum atomic E-state index is -1.81. The van der Waals surface area contributed by atoms with Gasteiger partial charge >= 0.3 is 5.97 Å². The first kappa shape index (κ1) is 107. The Labute approximate surface area is 775 Å². The van der Waals surface area contributed by atoms with Crippen molar-refractivity contribution in [2.24, 2.45) is 34.8 Å². The van der Waals surface area contributed by atoms with E-state index < -0.39 is 248 Å². The van der Waals surface area contributed by atoms with Gasteiger partial charge in [-0.25, -0.2) is 0 Å². The lowest BCUT2D eigenvalue weighted by Gasteiger charge is -2.36. The van der Waals surface area contributed by atoms with E-state index in [-0.39, 0.29) is 75.5 Å². The van der Waals surface area contributed by atoms with Crippen LogP contribution in [0.4, 0.5) is 0 Å². The van der Waals surface area contributed by atoms with Crippen molar-refractivity contribution in [1.29, 1.82) is 0 Å². The van der Waals surface area contributed by atoms with Crippen LogP contribution in [-0.2, 0) is 112 Å². The number of carboxylic acid groups (broad SMARTS) is 1. The van der Waals surface area contributed by atoms with Gasteiger partial charge < -0.3 is 125 Å². The van der Waals surface area contributed by atoms with E-state index in [0.717, 1.165) is 43.3 Å². The Hall–Kier alpha value is -12.8. The van der Waals surface area contributed by atoms with Gasteiger partial charge in [0.25, 0.3) is 0 Å². The molecule has 17 amide bonds. The Morgan fingerprint density at radius 2 is 1.04 bits per heavy atom. The molecule has 2 saturated heterocycles. The quantitative estimate of drug-likeness (QED) is 0.0275. The maximum Gasteiger partial charge on any atom is 0.323 e. The predicted octanol–water partition coefficient (Wildman–Crippen LogP) is -2.38. The number of likely N-dealkylation sites (N-methyl/N-ethyl adjacent to an activating group) is 4. The summed E-state index contributed by atoms with van der Waals surface area (Å²) in [5.74, 6) is -19.2. The van der Waals surface area contributed by atoms with Crippen molar-refractivity contribution in [2.75, 3.05) is 65.9 Å². The number of aliphatic carboxylic acids is 1. The third kappa shape index (κ3) is 30.4. The molecule has 2 fully saturated rings. The number of fused-ring (bicyclic) bond motifs is 3. The lowest BCUT2D eigenvalue weighted by molar-refractivity contribution is -0.149. The molecule has 43 heteroatoms. The van der Waals surface area contributed by atoms with Crippen LogP contribution in [0.25, 0.3) is 21.8 Å². The van der Waals surface area contributed by atoms with Crippen molar-refractivity contribution in [3.63, 3.8) is 0 Å². The molecular formula is C90H131N21O21S. The molecule has 2 aromatic heterocycles. The van der Waals surface area contributed by atoms with E-state index in [1.807, 2.05) is 13.8 Å². The highest BCUT2D eigenvalue weighted by Crippen LogP contribution is 2.28. The van der Waals surface area contributed by atoms with Gasteiger partial charge in [-0.1, -0.05) is 116 Å². The Bertz CT molecular complexity index is 4990. The number of aromatic amines is 1. The van der Waals surface area contributed by atoms with E-state index in [4.69, 9.17) is 22.9 Å². The molecule has 0 aliphatic carbocycles. The molecule has 0 unspecified atom stereocenters. The topological polar surface area (TPSA) is 629 Å². The smallest absolute Gasteiger partial charge is 0.323 e. The van der Waals surface area contributed by atoms with Crippen LogP contribution in [0.2, 0.25) is 0 Å². The molecule has 0 spiro atoms. The fourth-order valence-electron chi connectivity index (χ4n) is 15.9. The summed E-state index contributed by atoms with van der Waals surface area (Å²) < 4.78 is 1.44. The number of H-pyrrole nitrogens is 1. The van der Waals surface area contributed by atoms with Crippen LogP contribution >= 0.6 is 11.8 Å². The zero-order valence-corrected chi connectivity index (χ0v) is 78.2. The van der Waals surface area contributed by atoms with Crippen LogP contribution < -0.4 is 76.1 Å². The fourth-order valence-corrected chi connectivity index (χ4v) is 16.8. The standard InChI is InChI=1S/C90H131N21O21S/c1-13-15-24-70-84(126)99-61(33-48(3)4)81(123)105-68(79(121)96-42-74(94)115)46-133-47-75(116)97-64(35-52-27-29-55(112)30-28-52)86(128)106(9)50(7)77(119)101-66(39-73(93)114)87(129)107(10)51(8)78(120)104-67(40-92)83(125)102-63(34-49(5)6)89(131)111-44-56(113)38-72(111)85(127)100-62(36-53-41-95-59-23-19-17-21-57(53)59)82(124)98-60(31-32-91)80(122)103-65(88(130)109(12)71(25-16-14-2)90(132)108(70)11)37-54-43-110(45-76(117)118)69-26-20-18-22-58(54)69/h17-23,26-30,41,43,48-51,56,60-68,70-72,95,112-113H,13-16,24-25,31-40,42,44-47,91-92H2,1-12H3,(H2,93,114)(H2,94,115)(H,96,121)(H,97,116)(H,98,124)(H,99,126)(H,100,127)(H,101,119)(H,102,125)(H,103,122)(H,104,120)(H,105,123)(H,117,118)/t50-,51-,56+,60-,61-,62-,63-,64-,65-,66-,67-,68-,70-,71-,72-/m0/s1. The molecule has 0 radical (unpaired) electrons. The number of aliphatic hydroxyl groups is 1. The second kappa shape index (κ2) is 50.7. The number of para-hydroxylation sites is 2. The molecule has 3 aromatic carbocycles. The van der Waals surface area contributed by atoms with E-state index >= 15 is 33.6 Å². The maximum atomic E-state index is 15.9. The number of carbonyl (C=O) groups is 18. The number of nitrogens with two attached hydrogens (primary N) is 4. The monoisotopic (exact) mass is 1870 g/mol.